The number of aliphatic carboxylic acids is 1. The summed E-state index contributed by atoms with van der Waals surface area (Å²) in [7, 11) is 0. The van der Waals surface area contributed by atoms with E-state index in [0.717, 1.165) is 6.42 Å². The Balaban J connectivity index is 1.90. The maximum absolute atomic E-state index is 12.0. The summed E-state index contributed by atoms with van der Waals surface area (Å²) >= 11 is 0. The Labute approximate surface area is 116 Å². The maximum Gasteiger partial charge on any atom is 0.307 e. The molecule has 1 aromatic carbocycles. The zero-order valence-corrected chi connectivity index (χ0v) is 11.0. The highest BCUT2D eigenvalue weighted by atomic mass is 16.5. The van der Waals surface area contributed by atoms with Crippen LogP contribution in [0.1, 0.15) is 18.4 Å². The van der Waals surface area contributed by atoms with E-state index in [1.54, 1.807) is 24.3 Å². The van der Waals surface area contributed by atoms with Gasteiger partial charge in [0, 0.05) is 12.2 Å². The summed E-state index contributed by atoms with van der Waals surface area (Å²) in [4.78, 5) is 22.5. The van der Waals surface area contributed by atoms with Crippen molar-refractivity contribution >= 4 is 17.6 Å². The van der Waals surface area contributed by atoms with E-state index in [2.05, 4.69) is 5.32 Å². The highest BCUT2D eigenvalue weighted by Gasteiger charge is 2.29. The molecule has 1 amide bonds. The number of hydrogen-bond acceptors (Lipinski definition) is 4. The minimum Gasteiger partial charge on any atom is -0.481 e. The third-order valence-corrected chi connectivity index (χ3v) is 3.24. The van der Waals surface area contributed by atoms with Gasteiger partial charge in [-0.2, -0.15) is 0 Å². The normalized spacial score (nSPS) is 21.6. The second-order valence-electron chi connectivity index (χ2n) is 4.82. The van der Waals surface area contributed by atoms with Crippen molar-refractivity contribution in [2.45, 2.75) is 31.5 Å². The molecule has 108 valence electrons. The fourth-order valence-corrected chi connectivity index (χ4v) is 2.18. The number of rotatable bonds is 5. The Morgan fingerprint density at radius 2 is 2.00 bits per heavy atom. The molecule has 1 aliphatic rings. The zero-order chi connectivity index (χ0) is 14.5. The molecule has 2 unspecified atom stereocenters. The molecule has 0 bridgehead atoms. The fraction of sp³-hybridized carbons (Fsp3) is 0.429. The van der Waals surface area contributed by atoms with Gasteiger partial charge in [0.25, 0.3) is 5.91 Å². The van der Waals surface area contributed by atoms with Gasteiger partial charge in [-0.25, -0.2) is 0 Å². The van der Waals surface area contributed by atoms with Crippen LogP contribution >= 0.6 is 0 Å². The number of carbonyl (C=O) groups is 2. The smallest absolute Gasteiger partial charge is 0.307 e. The van der Waals surface area contributed by atoms with E-state index in [4.69, 9.17) is 15.6 Å². The Kier molecular flexibility index (Phi) is 4.70. The van der Waals surface area contributed by atoms with E-state index in [1.807, 2.05) is 0 Å². The third kappa shape index (κ3) is 3.79. The number of hydrogen-bond donors (Lipinski definition) is 3. The van der Waals surface area contributed by atoms with Crippen molar-refractivity contribution < 1.29 is 19.4 Å². The molecule has 0 spiro atoms. The second-order valence-corrected chi connectivity index (χ2v) is 4.82. The Morgan fingerprint density at radius 1 is 1.30 bits per heavy atom. The highest BCUT2D eigenvalue weighted by molar-refractivity contribution is 5.94. The first-order valence-electron chi connectivity index (χ1n) is 6.55. The van der Waals surface area contributed by atoms with E-state index >= 15 is 0 Å². The average molecular weight is 278 g/mol. The van der Waals surface area contributed by atoms with Crippen molar-refractivity contribution in [1.29, 1.82) is 0 Å². The van der Waals surface area contributed by atoms with Gasteiger partial charge in [0.1, 0.15) is 6.10 Å². The van der Waals surface area contributed by atoms with E-state index in [-0.39, 0.29) is 18.4 Å². The van der Waals surface area contributed by atoms with E-state index in [0.29, 0.717) is 24.2 Å². The number of benzene rings is 1. The second kappa shape index (κ2) is 6.49. The lowest BCUT2D eigenvalue weighted by Crippen LogP contribution is -2.29. The molecule has 1 fully saturated rings. The number of carboxylic acids is 1. The van der Waals surface area contributed by atoms with Crippen LogP contribution in [0.3, 0.4) is 0 Å². The van der Waals surface area contributed by atoms with Crippen molar-refractivity contribution in [3.8, 4) is 0 Å². The predicted octanol–water partition coefficient (Wildman–Crippen LogP) is 0.758. The summed E-state index contributed by atoms with van der Waals surface area (Å²) in [5.74, 6) is -1.07. The lowest BCUT2D eigenvalue weighted by Gasteiger charge is -2.12. The molecular formula is C14H18N2O4. The first-order chi connectivity index (χ1) is 9.58. The largest absolute Gasteiger partial charge is 0.481 e. The number of carbonyl (C=O) groups excluding carboxylic acids is 1. The Morgan fingerprint density at radius 3 is 2.55 bits per heavy atom. The summed E-state index contributed by atoms with van der Waals surface area (Å²) in [6.45, 7) is 0.424. The topological polar surface area (TPSA) is 102 Å². The molecule has 0 aromatic heterocycles. The summed E-state index contributed by atoms with van der Waals surface area (Å²) < 4.78 is 5.51. The number of carboxylic acid groups (broad SMARTS) is 1. The lowest BCUT2D eigenvalue weighted by atomic mass is 10.1. The molecule has 6 nitrogen and oxygen atoms in total. The van der Waals surface area contributed by atoms with Crippen LogP contribution in [-0.2, 0) is 20.7 Å². The van der Waals surface area contributed by atoms with Crippen LogP contribution in [0.2, 0.25) is 0 Å². The molecule has 1 heterocycles. The van der Waals surface area contributed by atoms with Crippen LogP contribution in [0.5, 0.6) is 0 Å². The molecule has 0 radical (unpaired) electrons. The predicted molar refractivity (Wildman–Crippen MR) is 73.4 cm³/mol. The number of anilines is 1. The van der Waals surface area contributed by atoms with Gasteiger partial charge in [0.15, 0.2) is 0 Å². The summed E-state index contributed by atoms with van der Waals surface area (Å²) in [5.41, 5.74) is 6.82. The van der Waals surface area contributed by atoms with Gasteiger partial charge in [-0.3, -0.25) is 9.59 Å². The van der Waals surface area contributed by atoms with Gasteiger partial charge in [-0.15, -0.1) is 0 Å². The van der Waals surface area contributed by atoms with E-state index < -0.39 is 12.1 Å². The third-order valence-electron chi connectivity index (χ3n) is 3.24. The van der Waals surface area contributed by atoms with E-state index in [9.17, 15) is 9.59 Å². The molecule has 2 atom stereocenters. The van der Waals surface area contributed by atoms with Crippen molar-refractivity contribution in [3.63, 3.8) is 0 Å². The maximum atomic E-state index is 12.0. The summed E-state index contributed by atoms with van der Waals surface area (Å²) in [6, 6.07) is 6.74. The average Bonchev–Trinajstić information content (AvgIpc) is 2.89. The van der Waals surface area contributed by atoms with Crippen LogP contribution in [0, 0.1) is 0 Å². The SMILES string of the molecule is NCC1CCC(C(=O)Nc2ccc(CC(=O)O)cc2)O1. The van der Waals surface area contributed by atoms with Gasteiger partial charge >= 0.3 is 5.97 Å². The number of nitrogens with one attached hydrogen (secondary N) is 1. The number of ether oxygens (including phenoxy) is 1. The van der Waals surface area contributed by atoms with Gasteiger partial charge < -0.3 is 20.9 Å². The zero-order valence-electron chi connectivity index (χ0n) is 11.0. The first-order valence-corrected chi connectivity index (χ1v) is 6.55. The van der Waals surface area contributed by atoms with Crippen LogP contribution in [0.15, 0.2) is 24.3 Å². The molecule has 2 rings (SSSR count). The monoisotopic (exact) mass is 278 g/mol. The molecular weight excluding hydrogens is 260 g/mol. The van der Waals surface area contributed by atoms with Gasteiger partial charge in [-0.1, -0.05) is 12.1 Å². The Hall–Kier alpha value is -1.92. The van der Waals surface area contributed by atoms with Crippen molar-refractivity contribution in [2.75, 3.05) is 11.9 Å². The number of nitrogens with two attached hydrogens (primary N) is 1. The summed E-state index contributed by atoms with van der Waals surface area (Å²) in [6.07, 6.45) is 0.945. The van der Waals surface area contributed by atoms with Crippen LogP contribution in [-0.4, -0.2) is 35.7 Å². The highest BCUT2D eigenvalue weighted by Crippen LogP contribution is 2.20. The lowest BCUT2D eigenvalue weighted by molar-refractivity contribution is -0.136. The van der Waals surface area contributed by atoms with Crippen molar-refractivity contribution in [2.24, 2.45) is 5.73 Å². The molecule has 1 aromatic rings. The molecule has 0 aliphatic carbocycles. The first kappa shape index (κ1) is 14.5. The van der Waals surface area contributed by atoms with E-state index in [1.165, 1.54) is 0 Å². The molecule has 0 saturated carbocycles. The van der Waals surface area contributed by atoms with Crippen LogP contribution in [0.4, 0.5) is 5.69 Å². The fourth-order valence-electron chi connectivity index (χ4n) is 2.18. The van der Waals surface area contributed by atoms with Crippen molar-refractivity contribution in [1.82, 2.24) is 0 Å². The molecule has 1 saturated heterocycles. The van der Waals surface area contributed by atoms with Crippen LogP contribution < -0.4 is 11.1 Å². The molecule has 4 N–H and O–H groups in total. The Bertz CT molecular complexity index is 486. The quantitative estimate of drug-likeness (QED) is 0.738. The van der Waals surface area contributed by atoms with Gasteiger partial charge in [0.05, 0.1) is 12.5 Å². The van der Waals surface area contributed by atoms with Gasteiger partial charge in [0.2, 0.25) is 0 Å². The number of amides is 1. The van der Waals surface area contributed by atoms with Gasteiger partial charge in [-0.05, 0) is 30.5 Å². The standard InChI is InChI=1S/C14H18N2O4/c15-8-11-5-6-12(20-11)14(19)16-10-3-1-9(2-4-10)7-13(17)18/h1-4,11-12H,5-8,15H2,(H,16,19)(H,17,18). The summed E-state index contributed by atoms with van der Waals surface area (Å²) in [5, 5.41) is 11.4. The molecule has 20 heavy (non-hydrogen) atoms. The molecule has 6 heteroatoms. The molecule has 1 aliphatic heterocycles. The van der Waals surface area contributed by atoms with Crippen LogP contribution in [0.25, 0.3) is 0 Å². The minimum absolute atomic E-state index is 0.0296. The minimum atomic E-state index is -0.881. The van der Waals surface area contributed by atoms with Crippen molar-refractivity contribution in [3.05, 3.63) is 29.8 Å².